The number of hydrogen-bond acceptors (Lipinski definition) is 0. The molecule has 18 rings (SSSR count). The molecule has 10 aliphatic heterocycles. The third kappa shape index (κ3) is 0.763. The Balaban J connectivity index is 1.27. The van der Waals surface area contributed by atoms with E-state index in [0.29, 0.717) is 9.63 Å². The number of fused-ring (bicyclic) bond motifs is 10. The molecular formula is C58H42Fe. The number of benzene rings is 8. The second-order valence-corrected chi connectivity index (χ2v) is 42.4. The molecule has 0 nitrogen and oxygen atoms in total. The first-order valence-corrected chi connectivity index (χ1v) is 27.5. The van der Waals surface area contributed by atoms with Gasteiger partial charge in [0.25, 0.3) is 0 Å². The molecule has 10 heterocycles. The summed E-state index contributed by atoms with van der Waals surface area (Å²) in [6, 6.07) is 99.0. The summed E-state index contributed by atoms with van der Waals surface area (Å²) >= 11 is 0. The molecule has 0 amide bonds. The van der Waals surface area contributed by atoms with E-state index in [4.69, 9.17) is 0 Å². The van der Waals surface area contributed by atoms with Crippen molar-refractivity contribution in [1.29, 1.82) is 0 Å². The molecule has 0 saturated carbocycles. The van der Waals surface area contributed by atoms with Crippen LogP contribution in [-0.2, 0) is 41.0 Å². The minimum absolute atomic E-state index is 0.0161. The summed E-state index contributed by atoms with van der Waals surface area (Å²) in [4.78, 5) is 1.11. The van der Waals surface area contributed by atoms with E-state index in [0.717, 1.165) is 0 Å². The Morgan fingerprint density at radius 3 is 0.525 bits per heavy atom. The van der Waals surface area contributed by atoms with Crippen molar-refractivity contribution in [3.8, 4) is 0 Å². The third-order valence-electron chi connectivity index (χ3n) is 25.2. The number of rotatable bonds is 8. The van der Waals surface area contributed by atoms with Gasteiger partial charge in [0.2, 0.25) is 0 Å². The molecule has 8 atom stereocenters. The van der Waals surface area contributed by atoms with Crippen molar-refractivity contribution in [2.75, 3.05) is 0 Å². The zero-order chi connectivity index (χ0) is 38.4. The van der Waals surface area contributed by atoms with Gasteiger partial charge >= 0.3 is 338 Å². The van der Waals surface area contributed by atoms with Gasteiger partial charge in [-0.3, -0.25) is 0 Å². The van der Waals surface area contributed by atoms with Gasteiger partial charge in [0.1, 0.15) is 0 Å². The summed E-state index contributed by atoms with van der Waals surface area (Å²) in [5.74, 6) is 0. The predicted octanol–water partition coefficient (Wildman–Crippen LogP) is 12.2. The zero-order valence-electron chi connectivity index (χ0n) is 32.6. The van der Waals surface area contributed by atoms with Gasteiger partial charge in [0, 0.05) is 0 Å². The summed E-state index contributed by atoms with van der Waals surface area (Å²) < 4.78 is -0.394. The summed E-state index contributed by atoms with van der Waals surface area (Å²) in [5, 5.41) is 0. The Kier molecular flexibility index (Phi) is 2.78. The molecule has 282 valence electrons. The van der Waals surface area contributed by atoms with Crippen LogP contribution in [-0.4, -0.2) is 0 Å². The Morgan fingerprint density at radius 1 is 0.203 bits per heavy atom. The molecule has 8 unspecified atom stereocenters. The Hall–Kier alpha value is -5.72. The zero-order valence-corrected chi connectivity index (χ0v) is 33.7. The van der Waals surface area contributed by atoms with E-state index in [1.165, 1.54) is 0 Å². The average Bonchev–Trinajstić information content (AvgIpc) is 4.30. The molecule has 0 bridgehead atoms. The molecule has 0 N–H and O–H groups in total. The van der Waals surface area contributed by atoms with Gasteiger partial charge in [-0.05, 0) is 0 Å². The molecule has 0 aliphatic carbocycles. The second kappa shape index (κ2) is 5.56. The van der Waals surface area contributed by atoms with Gasteiger partial charge in [-0.2, -0.15) is 0 Å². The van der Waals surface area contributed by atoms with E-state index in [2.05, 4.69) is 243 Å². The molecule has 1 spiro atoms. The molecular weight excluding hydrogens is 752 g/mol. The van der Waals surface area contributed by atoms with Crippen molar-refractivity contribution in [3.05, 3.63) is 287 Å². The predicted molar refractivity (Wildman–Crippen MR) is 232 cm³/mol. The molecule has 10 aliphatic rings. The number of hydrogen-bond donors (Lipinski definition) is 0. The first-order chi connectivity index (χ1) is 29.1. The van der Waals surface area contributed by atoms with Crippen LogP contribution in [0, 0.1) is 0 Å². The average molecular weight is 795 g/mol. The van der Waals surface area contributed by atoms with Crippen LogP contribution in [0.1, 0.15) is 44.5 Å². The first-order valence-electron chi connectivity index (χ1n) is 21.8. The first kappa shape index (κ1) is 29.5. The minimum atomic E-state index is -6.50. The summed E-state index contributed by atoms with van der Waals surface area (Å²) in [6.45, 7) is -6.50. The quantitative estimate of drug-likeness (QED) is 0.134. The van der Waals surface area contributed by atoms with Crippen LogP contribution < -0.4 is 0 Å². The normalized spacial score (nSPS) is 51.1. The maximum absolute atomic E-state index is 6.50. The van der Waals surface area contributed by atoms with Gasteiger partial charge < -0.3 is 0 Å². The van der Waals surface area contributed by atoms with Crippen molar-refractivity contribution in [2.45, 2.75) is 44.1 Å². The fourth-order valence-corrected chi connectivity index (χ4v) is 118. The van der Waals surface area contributed by atoms with Crippen LogP contribution in [0.5, 0.6) is 0 Å². The van der Waals surface area contributed by atoms with E-state index in [1.807, 2.05) is 0 Å². The summed E-state index contributed by atoms with van der Waals surface area (Å²) in [6.07, 6.45) is 0. The molecule has 10 saturated heterocycles. The van der Waals surface area contributed by atoms with Crippen molar-refractivity contribution in [2.24, 2.45) is 0 Å². The van der Waals surface area contributed by atoms with Gasteiger partial charge in [0.05, 0.1) is 0 Å². The fourth-order valence-electron chi connectivity index (χ4n) is 30.5. The summed E-state index contributed by atoms with van der Waals surface area (Å²) in [7, 11) is 0. The topological polar surface area (TPSA) is 0 Å². The van der Waals surface area contributed by atoms with Crippen LogP contribution in [0.15, 0.2) is 243 Å². The Labute approximate surface area is 335 Å². The standard InChI is InChI=1S/2C29H21.Fe/c2*1-5-13-22(14-6-1)26-21-27(23-15-7-2-8-16-23)29(25-19-11-4-12-20-25)28(26)24-17-9-3-10-18-24;/h2*1-21H;. The van der Waals surface area contributed by atoms with Crippen LogP contribution in [0.3, 0.4) is 0 Å². The van der Waals surface area contributed by atoms with E-state index < -0.39 is 6.51 Å². The summed E-state index contributed by atoms with van der Waals surface area (Å²) in [5.41, 5.74) is 13.1. The second-order valence-electron chi connectivity index (χ2n) is 21.2. The van der Waals surface area contributed by atoms with Gasteiger partial charge in [-0.1, -0.05) is 0 Å². The van der Waals surface area contributed by atoms with E-state index in [1.54, 1.807) is 44.5 Å². The van der Waals surface area contributed by atoms with Crippen LogP contribution in [0.25, 0.3) is 0 Å². The van der Waals surface area contributed by atoms with Crippen LogP contribution in [0.2, 0.25) is 9.63 Å². The molecule has 0 radical (unpaired) electrons. The monoisotopic (exact) mass is 794 g/mol. The molecule has 8 aromatic carbocycles. The van der Waals surface area contributed by atoms with Crippen molar-refractivity contribution in [3.63, 3.8) is 0 Å². The third-order valence-corrected chi connectivity index (χ3v) is 70.5. The van der Waals surface area contributed by atoms with Crippen molar-refractivity contribution >= 4 is 0 Å². The fraction of sp³-hybridized carbons (Fsp3) is 0.172. The van der Waals surface area contributed by atoms with Gasteiger partial charge in [-0.15, -0.1) is 0 Å². The molecule has 1 heteroatoms. The SMILES string of the molecule is c1ccc([C]23[CH]4[C]5(c6ccccc6)[C]6(c7ccccc7)[C]2(c2ccccc2)[Fe]43562789[CH]3[C]2(c2ccccc2)[C]7(c2ccccc2)[C]8(c2ccccc2)[C]39c2ccccc2)cc1. The molecule has 8 aromatic rings. The van der Waals surface area contributed by atoms with Crippen LogP contribution in [0.4, 0.5) is 0 Å². The Morgan fingerprint density at radius 2 is 0.356 bits per heavy atom. The van der Waals surface area contributed by atoms with Crippen LogP contribution >= 0.6 is 0 Å². The molecule has 59 heavy (non-hydrogen) atoms. The van der Waals surface area contributed by atoms with Gasteiger partial charge in [0.15, 0.2) is 0 Å². The molecule has 10 fully saturated rings. The van der Waals surface area contributed by atoms with E-state index >= 15 is 0 Å². The van der Waals surface area contributed by atoms with Gasteiger partial charge in [-0.25, -0.2) is 0 Å². The van der Waals surface area contributed by atoms with Crippen molar-refractivity contribution in [1.82, 2.24) is 0 Å². The van der Waals surface area contributed by atoms with E-state index in [-0.39, 0.29) is 34.5 Å². The maximum atomic E-state index is 2.64. The Bertz CT molecular complexity index is 3190. The molecule has 0 aromatic heterocycles. The van der Waals surface area contributed by atoms with E-state index in [9.17, 15) is 0 Å². The van der Waals surface area contributed by atoms with Crippen molar-refractivity contribution < 1.29 is 6.51 Å².